The molecule has 1 aromatic heterocycles. The second-order valence-electron chi connectivity index (χ2n) is 4.85. The maximum Gasteiger partial charge on any atom is 0.243 e. The lowest BCUT2D eigenvalue weighted by molar-refractivity contribution is 0.402. The normalized spacial score (nSPS) is 13.6. The van der Waals surface area contributed by atoms with Gasteiger partial charge in [0.2, 0.25) is 10.0 Å². The largest absolute Gasteiger partial charge is 0.397 e. The number of nitrogens with zero attached hydrogens (tertiary/aromatic N) is 1. The minimum Gasteiger partial charge on any atom is -0.397 e. The summed E-state index contributed by atoms with van der Waals surface area (Å²) in [4.78, 5) is 1.18. The highest BCUT2D eigenvalue weighted by atomic mass is 35.5. The molecule has 2 N–H and O–H groups in total. The average Bonchev–Trinajstić information content (AvgIpc) is 2.95. The van der Waals surface area contributed by atoms with Gasteiger partial charge in [0.05, 0.1) is 21.6 Å². The lowest BCUT2D eigenvalue weighted by atomic mass is 10.2. The first-order valence-corrected chi connectivity index (χ1v) is 9.02. The summed E-state index contributed by atoms with van der Waals surface area (Å²) in [5.41, 5.74) is 6.59. The molecular formula is C14H17ClN2O2S2. The number of hydrogen-bond donors (Lipinski definition) is 1. The maximum atomic E-state index is 12.8. The minimum absolute atomic E-state index is 0.190. The second kappa shape index (κ2) is 5.96. The van der Waals surface area contributed by atoms with E-state index in [-0.39, 0.29) is 16.6 Å². The Kier molecular flexibility index (Phi) is 4.63. The quantitative estimate of drug-likeness (QED) is 0.860. The number of aryl methyl sites for hydroxylation is 1. The Morgan fingerprint density at radius 2 is 2.05 bits per heavy atom. The molecule has 0 bridgehead atoms. The van der Waals surface area contributed by atoms with Crippen LogP contribution in [0.4, 0.5) is 5.69 Å². The zero-order valence-corrected chi connectivity index (χ0v) is 14.4. The van der Waals surface area contributed by atoms with E-state index in [0.717, 1.165) is 4.88 Å². The summed E-state index contributed by atoms with van der Waals surface area (Å²) in [6.45, 7) is 3.57. The molecular weight excluding hydrogens is 328 g/mol. The Labute approximate surface area is 134 Å². The molecule has 0 saturated carbocycles. The zero-order valence-electron chi connectivity index (χ0n) is 12.0. The van der Waals surface area contributed by atoms with E-state index in [4.69, 9.17) is 17.3 Å². The fraction of sp³-hybridized carbons (Fsp3) is 0.286. The molecule has 21 heavy (non-hydrogen) atoms. The molecule has 1 unspecified atom stereocenters. The average molecular weight is 345 g/mol. The number of nitrogens with two attached hydrogens (primary N) is 1. The van der Waals surface area contributed by atoms with Gasteiger partial charge in [0.1, 0.15) is 0 Å². The SMILES string of the molecule is Cc1cc(Cl)c(N)cc1S(=O)(=O)N(C)C(C)c1cccs1. The number of thiophene rings is 1. The van der Waals surface area contributed by atoms with Crippen LogP contribution in [0.3, 0.4) is 0 Å². The predicted octanol–water partition coefficient (Wildman–Crippen LogP) is 3.67. The summed E-state index contributed by atoms with van der Waals surface area (Å²) in [7, 11) is -2.06. The van der Waals surface area contributed by atoms with Gasteiger partial charge in [-0.3, -0.25) is 0 Å². The van der Waals surface area contributed by atoms with Crippen molar-refractivity contribution in [3.8, 4) is 0 Å². The molecule has 0 aliphatic heterocycles. The first-order valence-electron chi connectivity index (χ1n) is 6.32. The molecule has 0 fully saturated rings. The number of hydrogen-bond acceptors (Lipinski definition) is 4. The Morgan fingerprint density at radius 1 is 1.38 bits per heavy atom. The number of benzene rings is 1. The molecule has 7 heteroatoms. The summed E-state index contributed by atoms with van der Waals surface area (Å²) in [6, 6.07) is 6.58. The van der Waals surface area contributed by atoms with Crippen LogP contribution in [0.5, 0.6) is 0 Å². The third kappa shape index (κ3) is 3.08. The van der Waals surface area contributed by atoms with Gasteiger partial charge < -0.3 is 5.73 Å². The highest BCUT2D eigenvalue weighted by Crippen LogP contribution is 2.32. The van der Waals surface area contributed by atoms with E-state index >= 15 is 0 Å². The van der Waals surface area contributed by atoms with Crippen molar-refractivity contribution in [2.75, 3.05) is 12.8 Å². The number of rotatable bonds is 4. The van der Waals surface area contributed by atoms with E-state index in [0.29, 0.717) is 10.6 Å². The molecule has 1 aromatic carbocycles. The Hall–Kier alpha value is -1.08. The van der Waals surface area contributed by atoms with Gasteiger partial charge in [-0.25, -0.2) is 8.42 Å². The zero-order chi connectivity index (χ0) is 15.8. The van der Waals surface area contributed by atoms with Crippen LogP contribution < -0.4 is 5.73 Å². The van der Waals surface area contributed by atoms with Gasteiger partial charge in [-0.2, -0.15) is 4.31 Å². The van der Waals surface area contributed by atoms with E-state index < -0.39 is 10.0 Å². The molecule has 4 nitrogen and oxygen atoms in total. The van der Waals surface area contributed by atoms with Crippen molar-refractivity contribution in [3.05, 3.63) is 45.1 Å². The molecule has 1 atom stereocenters. The standard InChI is InChI=1S/C14H17ClN2O2S2/c1-9-7-11(15)12(16)8-14(9)21(18,19)17(3)10(2)13-5-4-6-20-13/h4-8,10H,16H2,1-3H3. The molecule has 0 amide bonds. The third-order valence-corrected chi connectivity index (χ3v) is 6.89. The third-order valence-electron chi connectivity index (χ3n) is 3.45. The molecule has 0 aliphatic carbocycles. The fourth-order valence-corrected chi connectivity index (χ4v) is 4.71. The summed E-state index contributed by atoms with van der Waals surface area (Å²) in [6.07, 6.45) is 0. The summed E-state index contributed by atoms with van der Waals surface area (Å²) >= 11 is 7.46. The highest BCUT2D eigenvalue weighted by Gasteiger charge is 2.28. The summed E-state index contributed by atoms with van der Waals surface area (Å²) in [5, 5.41) is 2.29. The van der Waals surface area contributed by atoms with E-state index in [1.165, 1.54) is 21.7 Å². The molecule has 0 spiro atoms. The van der Waals surface area contributed by atoms with Crippen LogP contribution in [-0.2, 0) is 10.0 Å². The van der Waals surface area contributed by atoms with E-state index in [1.807, 2.05) is 24.4 Å². The van der Waals surface area contributed by atoms with Gasteiger partial charge in [-0.15, -0.1) is 11.3 Å². The highest BCUT2D eigenvalue weighted by molar-refractivity contribution is 7.89. The van der Waals surface area contributed by atoms with Crippen LogP contribution in [0.2, 0.25) is 5.02 Å². The van der Waals surface area contributed by atoms with Crippen molar-refractivity contribution in [1.29, 1.82) is 0 Å². The second-order valence-corrected chi connectivity index (χ2v) is 8.20. The van der Waals surface area contributed by atoms with Crippen LogP contribution in [0.25, 0.3) is 0 Å². The molecule has 2 aromatic rings. The Morgan fingerprint density at radius 3 is 2.62 bits per heavy atom. The summed E-state index contributed by atoms with van der Waals surface area (Å²) < 4.78 is 26.9. The van der Waals surface area contributed by atoms with Crippen molar-refractivity contribution >= 4 is 38.6 Å². The van der Waals surface area contributed by atoms with Crippen molar-refractivity contribution in [1.82, 2.24) is 4.31 Å². The van der Waals surface area contributed by atoms with E-state index in [9.17, 15) is 8.42 Å². The molecule has 0 radical (unpaired) electrons. The number of nitrogen functional groups attached to an aromatic ring is 1. The van der Waals surface area contributed by atoms with Crippen LogP contribution in [-0.4, -0.2) is 19.8 Å². The van der Waals surface area contributed by atoms with Crippen LogP contribution in [0, 0.1) is 6.92 Å². The molecule has 2 rings (SSSR count). The monoisotopic (exact) mass is 344 g/mol. The van der Waals surface area contributed by atoms with E-state index in [2.05, 4.69) is 0 Å². The lowest BCUT2D eigenvalue weighted by Gasteiger charge is -2.24. The number of sulfonamides is 1. The lowest BCUT2D eigenvalue weighted by Crippen LogP contribution is -2.30. The fourth-order valence-electron chi connectivity index (χ4n) is 2.02. The van der Waals surface area contributed by atoms with E-state index in [1.54, 1.807) is 20.0 Å². The van der Waals surface area contributed by atoms with Crippen molar-refractivity contribution in [3.63, 3.8) is 0 Å². The van der Waals surface area contributed by atoms with Crippen LogP contribution >= 0.6 is 22.9 Å². The van der Waals surface area contributed by atoms with Crippen LogP contribution in [0.1, 0.15) is 23.4 Å². The van der Waals surface area contributed by atoms with Crippen molar-refractivity contribution < 1.29 is 8.42 Å². The maximum absolute atomic E-state index is 12.8. The van der Waals surface area contributed by atoms with Crippen molar-refractivity contribution in [2.24, 2.45) is 0 Å². The molecule has 114 valence electrons. The van der Waals surface area contributed by atoms with Gasteiger partial charge in [0, 0.05) is 11.9 Å². The summed E-state index contributed by atoms with van der Waals surface area (Å²) in [5.74, 6) is 0. The van der Waals surface area contributed by atoms with Gasteiger partial charge in [-0.1, -0.05) is 17.7 Å². The van der Waals surface area contributed by atoms with Gasteiger partial charge >= 0.3 is 0 Å². The molecule has 1 heterocycles. The van der Waals surface area contributed by atoms with Gasteiger partial charge in [-0.05, 0) is 43.0 Å². The van der Waals surface area contributed by atoms with Gasteiger partial charge in [0.25, 0.3) is 0 Å². The number of halogens is 1. The minimum atomic E-state index is -3.63. The molecule has 0 saturated heterocycles. The van der Waals surface area contributed by atoms with Crippen LogP contribution in [0.15, 0.2) is 34.5 Å². The predicted molar refractivity (Wildman–Crippen MR) is 88.3 cm³/mol. The Bertz CT molecular complexity index is 743. The first-order chi connectivity index (χ1) is 9.75. The first kappa shape index (κ1) is 16.3. The molecule has 0 aliphatic rings. The topological polar surface area (TPSA) is 63.4 Å². The Balaban J connectivity index is 2.45. The number of anilines is 1. The van der Waals surface area contributed by atoms with Gasteiger partial charge in [0.15, 0.2) is 0 Å². The van der Waals surface area contributed by atoms with Crippen molar-refractivity contribution in [2.45, 2.75) is 24.8 Å². The smallest absolute Gasteiger partial charge is 0.243 e.